The van der Waals surface area contributed by atoms with Crippen LogP contribution in [-0.4, -0.2) is 84.6 Å². The van der Waals surface area contributed by atoms with Crippen molar-refractivity contribution in [3.05, 3.63) is 65.0 Å². The van der Waals surface area contributed by atoms with Gasteiger partial charge in [-0.25, -0.2) is 14.8 Å². The van der Waals surface area contributed by atoms with E-state index in [0.717, 1.165) is 86.7 Å². The molecule has 1 atom stereocenters. The number of hydrogen-bond donors (Lipinski definition) is 2. The first-order valence-electron chi connectivity index (χ1n) is 19.4. The third kappa shape index (κ3) is 6.18. The van der Waals surface area contributed by atoms with E-state index in [2.05, 4.69) is 36.1 Å². The molecule has 0 radical (unpaired) electrons. The molecule has 2 N–H and O–H groups in total. The number of piperidine rings is 2. The van der Waals surface area contributed by atoms with Crippen molar-refractivity contribution in [3.8, 4) is 5.75 Å². The van der Waals surface area contributed by atoms with Crippen LogP contribution >= 0.6 is 0 Å². The van der Waals surface area contributed by atoms with Gasteiger partial charge in [0, 0.05) is 58.3 Å². The molecule has 4 aliphatic rings. The summed E-state index contributed by atoms with van der Waals surface area (Å²) in [5.41, 5.74) is 3.87. The van der Waals surface area contributed by atoms with Crippen LogP contribution < -0.4 is 26.0 Å². The quantitative estimate of drug-likeness (QED) is 0.210. The van der Waals surface area contributed by atoms with E-state index in [1.807, 2.05) is 30.3 Å². The Morgan fingerprint density at radius 2 is 1.76 bits per heavy atom. The molecule has 1 spiro atoms. The monoisotopic (exact) mass is 746 g/mol. The van der Waals surface area contributed by atoms with E-state index in [0.29, 0.717) is 35.1 Å². The van der Waals surface area contributed by atoms with E-state index in [4.69, 9.17) is 9.72 Å². The molecule has 2 aliphatic heterocycles. The number of rotatable bonds is 8. The fraction of sp³-hybridized carbons (Fsp3) is 0.475. The lowest BCUT2D eigenvalue weighted by Gasteiger charge is -2.52. The van der Waals surface area contributed by atoms with Crippen molar-refractivity contribution < 1.29 is 19.1 Å². The number of carbonyl (C=O) groups is 3. The Kier molecular flexibility index (Phi) is 8.61. The number of nitrogens with one attached hydrogen (secondary N) is 2. The zero-order chi connectivity index (χ0) is 38.0. The summed E-state index contributed by atoms with van der Waals surface area (Å²) in [5, 5.41) is 6.47. The van der Waals surface area contributed by atoms with Crippen molar-refractivity contribution in [2.45, 2.75) is 82.4 Å². The van der Waals surface area contributed by atoms with Gasteiger partial charge in [0.2, 0.25) is 17.8 Å². The molecule has 4 aromatic heterocycles. The average molecular weight is 747 g/mol. The van der Waals surface area contributed by atoms with Crippen LogP contribution in [0.2, 0.25) is 0 Å². The maximum atomic E-state index is 13.4. The van der Waals surface area contributed by atoms with E-state index < -0.39 is 11.9 Å². The Bertz CT molecular complexity index is 2370. The largest absolute Gasteiger partial charge is 0.489 e. The van der Waals surface area contributed by atoms with Crippen molar-refractivity contribution in [3.63, 3.8) is 0 Å². The van der Waals surface area contributed by atoms with E-state index in [1.165, 1.54) is 0 Å². The first-order chi connectivity index (χ1) is 26.6. The van der Waals surface area contributed by atoms with Crippen molar-refractivity contribution >= 4 is 57.2 Å². The molecule has 2 saturated heterocycles. The third-order valence-electron chi connectivity index (χ3n) is 12.3. The molecule has 2 aliphatic carbocycles. The molecule has 1 aromatic carbocycles. The van der Waals surface area contributed by atoms with E-state index >= 15 is 0 Å². The zero-order valence-corrected chi connectivity index (χ0v) is 31.5. The summed E-state index contributed by atoms with van der Waals surface area (Å²) in [6.07, 6.45) is 12.5. The van der Waals surface area contributed by atoms with Crippen molar-refractivity contribution in [1.29, 1.82) is 0 Å². The van der Waals surface area contributed by atoms with Gasteiger partial charge >= 0.3 is 5.69 Å². The van der Waals surface area contributed by atoms with Crippen LogP contribution in [0.5, 0.6) is 5.75 Å². The summed E-state index contributed by atoms with van der Waals surface area (Å²) in [6.45, 7) is 1.72. The summed E-state index contributed by atoms with van der Waals surface area (Å²) < 4.78 is 11.6. The number of fused-ring (bicyclic) bond motifs is 2. The number of pyridine rings is 1. The number of imide groups is 1. The van der Waals surface area contributed by atoms with Crippen LogP contribution in [0.3, 0.4) is 0 Å². The number of para-hydroxylation sites is 1. The molecular formula is C40H46N10O5. The zero-order valence-electron chi connectivity index (χ0n) is 31.5. The van der Waals surface area contributed by atoms with Gasteiger partial charge in [-0.05, 0) is 80.7 Å². The second kappa shape index (κ2) is 13.5. The van der Waals surface area contributed by atoms with Crippen molar-refractivity contribution in [1.82, 2.24) is 38.9 Å². The number of aromatic nitrogens is 6. The summed E-state index contributed by atoms with van der Waals surface area (Å²) in [5.74, 6) is 0.978. The van der Waals surface area contributed by atoms with Gasteiger partial charge in [-0.3, -0.25) is 28.8 Å². The predicted octanol–water partition coefficient (Wildman–Crippen LogP) is 4.85. The second-order valence-corrected chi connectivity index (χ2v) is 16.0. The van der Waals surface area contributed by atoms with Gasteiger partial charge in [-0.2, -0.15) is 4.98 Å². The highest BCUT2D eigenvalue weighted by molar-refractivity contribution is 6.01. The number of aryl methyl sites for hydroxylation is 1. The summed E-state index contributed by atoms with van der Waals surface area (Å²) in [7, 11) is 5.29. The van der Waals surface area contributed by atoms with Gasteiger partial charge in [0.25, 0.3) is 5.91 Å². The Labute approximate surface area is 317 Å². The van der Waals surface area contributed by atoms with Gasteiger partial charge in [-0.15, -0.1) is 0 Å². The Morgan fingerprint density at radius 3 is 2.47 bits per heavy atom. The van der Waals surface area contributed by atoms with Crippen molar-refractivity contribution in [2.75, 3.05) is 37.4 Å². The first-order valence-corrected chi connectivity index (χ1v) is 19.4. The lowest BCUT2D eigenvalue weighted by molar-refractivity contribution is -0.135. The molecule has 0 unspecified atom stereocenters. The van der Waals surface area contributed by atoms with Crippen LogP contribution in [0.25, 0.3) is 22.1 Å². The van der Waals surface area contributed by atoms with Crippen LogP contribution in [0, 0.1) is 5.41 Å². The van der Waals surface area contributed by atoms with E-state index in [9.17, 15) is 19.2 Å². The second-order valence-electron chi connectivity index (χ2n) is 16.0. The molecule has 0 bridgehead atoms. The summed E-state index contributed by atoms with van der Waals surface area (Å²) >= 11 is 0. The van der Waals surface area contributed by atoms with Gasteiger partial charge < -0.3 is 24.4 Å². The molecule has 15 heteroatoms. The SMILES string of the molecule is CN(C)C(=O)c1cc2cnc(Nc3ccc(OC4CC5(CCN(c6cccc7c6n(C)c(=O)n7[C@H]6CCC(=O)NC6=O)CC5)C4)cn3)nc2n1C1CCCC1. The molecule has 2 saturated carbocycles. The van der Waals surface area contributed by atoms with Crippen LogP contribution in [0.4, 0.5) is 17.5 Å². The van der Waals surface area contributed by atoms with Gasteiger partial charge in [0.05, 0.1) is 29.0 Å². The molecule has 3 amide bonds. The Hall–Kier alpha value is -5.73. The number of ether oxygens (including phenoxy) is 1. The number of benzene rings is 1. The number of imidazole rings is 1. The standard InChI is InChI=1S/C40H46N10O5/c1-46(2)37(53)31-19-24-22-42-38(45-35(24)49(31)25-7-4-5-8-25)43-32-13-11-26(23-41-32)55-27-20-40(21-27)15-17-48(18-16-40)28-9-6-10-29-34(28)47(3)39(54)50(29)30-12-14-33(51)44-36(30)52/h6,9-11,13,19,22-23,25,27,30H,4-5,7-8,12,14-18,20-21H2,1-3H3,(H,44,51,52)(H,41,42,43,45)/t30-/m0/s1. The lowest BCUT2D eigenvalue weighted by Crippen LogP contribution is -2.51. The van der Waals surface area contributed by atoms with Crippen molar-refractivity contribution in [2.24, 2.45) is 12.5 Å². The fourth-order valence-electron chi connectivity index (χ4n) is 9.35. The summed E-state index contributed by atoms with van der Waals surface area (Å²) in [6, 6.07) is 11.1. The minimum Gasteiger partial charge on any atom is -0.489 e. The average Bonchev–Trinajstić information content (AvgIpc) is 3.89. The maximum Gasteiger partial charge on any atom is 0.329 e. The van der Waals surface area contributed by atoms with Crippen LogP contribution in [0.1, 0.15) is 86.8 Å². The molecule has 55 heavy (non-hydrogen) atoms. The van der Waals surface area contributed by atoms with E-state index in [-0.39, 0.29) is 41.5 Å². The molecule has 6 heterocycles. The smallest absolute Gasteiger partial charge is 0.329 e. The van der Waals surface area contributed by atoms with Gasteiger partial charge in [0.1, 0.15) is 29.0 Å². The van der Waals surface area contributed by atoms with Crippen LogP contribution in [0.15, 0.2) is 53.6 Å². The fourth-order valence-corrected chi connectivity index (χ4v) is 9.35. The molecule has 5 aromatic rings. The lowest BCUT2D eigenvalue weighted by atomic mass is 9.61. The van der Waals surface area contributed by atoms with Crippen LogP contribution in [-0.2, 0) is 16.6 Å². The topological polar surface area (TPSA) is 162 Å². The maximum absolute atomic E-state index is 13.4. The number of hydrogen-bond acceptors (Lipinski definition) is 10. The molecule has 286 valence electrons. The minimum absolute atomic E-state index is 0.0389. The predicted molar refractivity (Wildman–Crippen MR) is 207 cm³/mol. The molecule has 9 rings (SSSR count). The number of anilines is 3. The third-order valence-corrected chi connectivity index (χ3v) is 12.3. The van der Waals surface area contributed by atoms with E-state index in [1.54, 1.807) is 47.6 Å². The normalized spacial score (nSPS) is 20.3. The van der Waals surface area contributed by atoms with Gasteiger partial charge in [0.15, 0.2) is 0 Å². The summed E-state index contributed by atoms with van der Waals surface area (Å²) in [4.78, 5) is 68.9. The number of nitrogens with zero attached hydrogens (tertiary/aromatic N) is 8. The number of carbonyl (C=O) groups excluding carboxylic acids is 3. The first kappa shape index (κ1) is 35.0. The molecule has 4 fully saturated rings. The minimum atomic E-state index is -0.706. The molecule has 15 nitrogen and oxygen atoms in total. The molecular weight excluding hydrogens is 701 g/mol. The Morgan fingerprint density at radius 1 is 0.982 bits per heavy atom. The highest BCUT2D eigenvalue weighted by Crippen LogP contribution is 2.51. The highest BCUT2D eigenvalue weighted by Gasteiger charge is 2.47. The van der Waals surface area contributed by atoms with Gasteiger partial charge in [-0.1, -0.05) is 18.9 Å². The Balaban J connectivity index is 0.827. The number of amides is 3. The highest BCUT2D eigenvalue weighted by atomic mass is 16.5.